The van der Waals surface area contributed by atoms with Crippen LogP contribution in [0.25, 0.3) is 22.2 Å². The summed E-state index contributed by atoms with van der Waals surface area (Å²) in [5, 5.41) is 9.83. The van der Waals surface area contributed by atoms with Gasteiger partial charge in [-0.05, 0) is 81.3 Å². The lowest BCUT2D eigenvalue weighted by molar-refractivity contribution is -0.0580. The molecule has 5 aromatic rings. The van der Waals surface area contributed by atoms with Crippen molar-refractivity contribution >= 4 is 22.7 Å². The molecule has 9 nitrogen and oxygen atoms in total. The van der Waals surface area contributed by atoms with E-state index in [0.29, 0.717) is 36.9 Å². The molecule has 1 spiro atoms. The fourth-order valence-corrected chi connectivity index (χ4v) is 7.41. The van der Waals surface area contributed by atoms with Crippen molar-refractivity contribution in [2.45, 2.75) is 71.8 Å². The predicted molar refractivity (Wildman–Crippen MR) is 196 cm³/mol. The van der Waals surface area contributed by atoms with Crippen LogP contribution in [0.2, 0.25) is 0 Å². The second-order valence-electron chi connectivity index (χ2n) is 15.1. The van der Waals surface area contributed by atoms with Gasteiger partial charge in [0.2, 0.25) is 11.8 Å². The molecule has 0 bridgehead atoms. The lowest BCUT2D eigenvalue weighted by Crippen LogP contribution is -2.62. The van der Waals surface area contributed by atoms with Crippen molar-refractivity contribution in [3.05, 3.63) is 102 Å². The number of ether oxygens (including phenoxy) is 3. The van der Waals surface area contributed by atoms with E-state index in [1.54, 1.807) is 0 Å². The van der Waals surface area contributed by atoms with Gasteiger partial charge in [0.25, 0.3) is 0 Å². The summed E-state index contributed by atoms with van der Waals surface area (Å²) in [7, 11) is 1.98. The number of amides is 1. The second kappa shape index (κ2) is 13.7. The topological polar surface area (TPSA) is 90.7 Å². The molecular formula is C41H47N5O4. The molecule has 1 amide bonds. The zero-order chi connectivity index (χ0) is 34.9. The summed E-state index contributed by atoms with van der Waals surface area (Å²) >= 11 is 0. The number of likely N-dealkylation sites (tertiary alicyclic amines) is 1. The molecule has 1 aliphatic heterocycles. The normalized spacial score (nSPS) is 18.5. The summed E-state index contributed by atoms with van der Waals surface area (Å²) < 4.78 is 20.0. The van der Waals surface area contributed by atoms with Crippen molar-refractivity contribution in [3.8, 4) is 23.0 Å². The molecule has 50 heavy (non-hydrogen) atoms. The molecule has 1 saturated heterocycles. The fourth-order valence-electron chi connectivity index (χ4n) is 7.41. The molecule has 9 heteroatoms. The summed E-state index contributed by atoms with van der Waals surface area (Å²) in [5.74, 6) is 1.45. The van der Waals surface area contributed by atoms with Crippen molar-refractivity contribution in [2.24, 2.45) is 18.4 Å². The number of hydrogen-bond acceptors (Lipinski definition) is 7. The van der Waals surface area contributed by atoms with Crippen LogP contribution in [0.4, 0.5) is 10.5 Å². The van der Waals surface area contributed by atoms with Gasteiger partial charge in [0, 0.05) is 48.7 Å². The number of pyridine rings is 1. The first-order valence-electron chi connectivity index (χ1n) is 17.6. The van der Waals surface area contributed by atoms with Crippen LogP contribution < -0.4 is 14.8 Å². The predicted octanol–water partition coefficient (Wildman–Crippen LogP) is 8.63. The number of nitrogens with one attached hydrogen (secondary N) is 1. The first-order valence-corrected chi connectivity index (χ1v) is 17.6. The molecule has 1 N–H and O–H groups in total. The van der Waals surface area contributed by atoms with Gasteiger partial charge in [0.05, 0.1) is 11.1 Å². The molecule has 0 radical (unpaired) electrons. The zero-order valence-electron chi connectivity index (χ0n) is 29.7. The first kappa shape index (κ1) is 33.4. The number of anilines is 1. The largest absolute Gasteiger partial charge is 0.473 e. The Morgan fingerprint density at radius 2 is 1.60 bits per heavy atom. The highest BCUT2D eigenvalue weighted by molar-refractivity contribution is 5.96. The average molecular weight is 674 g/mol. The number of aryl methyl sites for hydroxylation is 1. The van der Waals surface area contributed by atoms with Crippen LogP contribution >= 0.6 is 0 Å². The zero-order valence-corrected chi connectivity index (χ0v) is 29.7. The van der Waals surface area contributed by atoms with Gasteiger partial charge < -0.3 is 24.4 Å². The Balaban J connectivity index is 1.07. The van der Waals surface area contributed by atoms with Gasteiger partial charge in [-0.2, -0.15) is 10.1 Å². The van der Waals surface area contributed by atoms with Crippen LogP contribution in [0.15, 0.2) is 91.0 Å². The highest BCUT2D eigenvalue weighted by atomic mass is 16.6. The van der Waals surface area contributed by atoms with E-state index in [1.807, 2.05) is 110 Å². The van der Waals surface area contributed by atoms with Gasteiger partial charge in [-0.3, -0.25) is 4.68 Å². The van der Waals surface area contributed by atoms with Gasteiger partial charge in [-0.1, -0.05) is 67.6 Å². The standard InChI is InChI=1S/C41H47N5O4/c1-28-23-41(26-46(27-41)39(47)50-40(2,3)4)21-20-34(28)42-31-16-17-32-35(22-31)45(5)44-37(32)33-18-19-36(48-24-29-12-8-6-9-13-29)43-38(33)49-25-30-14-10-7-11-15-30/h6-19,22,28,34,42H,20-21,23-27H2,1-5H3/t28-,34+/m0/s1. The number of fused-ring (bicyclic) bond motifs is 1. The van der Waals surface area contributed by atoms with E-state index in [2.05, 4.69) is 30.4 Å². The smallest absolute Gasteiger partial charge is 0.410 e. The molecule has 1 saturated carbocycles. The molecule has 2 aliphatic rings. The second-order valence-corrected chi connectivity index (χ2v) is 15.1. The Morgan fingerprint density at radius 1 is 0.920 bits per heavy atom. The minimum Gasteiger partial charge on any atom is -0.473 e. The van der Waals surface area contributed by atoms with E-state index < -0.39 is 5.60 Å². The van der Waals surface area contributed by atoms with Gasteiger partial charge >= 0.3 is 6.09 Å². The third-order valence-electron chi connectivity index (χ3n) is 9.87. The molecule has 7 rings (SSSR count). The van der Waals surface area contributed by atoms with Crippen molar-refractivity contribution in [1.82, 2.24) is 19.7 Å². The number of hydrogen-bond donors (Lipinski definition) is 1. The van der Waals surface area contributed by atoms with Crippen LogP contribution in [0.1, 0.15) is 58.1 Å². The molecule has 260 valence electrons. The number of carbonyl (C=O) groups excluding carboxylic acids is 1. The number of carbonyl (C=O) groups is 1. The van der Waals surface area contributed by atoms with Crippen LogP contribution in [0, 0.1) is 11.3 Å². The Bertz CT molecular complexity index is 1950. The van der Waals surface area contributed by atoms with E-state index in [0.717, 1.165) is 71.3 Å². The number of benzene rings is 3. The minimum atomic E-state index is -0.470. The lowest BCUT2D eigenvalue weighted by atomic mass is 9.64. The minimum absolute atomic E-state index is 0.196. The molecule has 2 atom stereocenters. The van der Waals surface area contributed by atoms with E-state index in [-0.39, 0.29) is 11.5 Å². The van der Waals surface area contributed by atoms with E-state index >= 15 is 0 Å². The lowest BCUT2D eigenvalue weighted by Gasteiger charge is -2.55. The van der Waals surface area contributed by atoms with Gasteiger partial charge in [-0.25, -0.2) is 4.79 Å². The third kappa shape index (κ3) is 7.42. The van der Waals surface area contributed by atoms with Crippen LogP contribution in [-0.2, 0) is 25.0 Å². The van der Waals surface area contributed by atoms with Crippen molar-refractivity contribution in [3.63, 3.8) is 0 Å². The number of nitrogens with zero attached hydrogens (tertiary/aromatic N) is 4. The van der Waals surface area contributed by atoms with Crippen LogP contribution in [-0.4, -0.2) is 50.5 Å². The summed E-state index contributed by atoms with van der Waals surface area (Å²) in [6, 6.07) is 30.8. The molecule has 1 aliphatic carbocycles. The maximum atomic E-state index is 12.5. The Hall–Kier alpha value is -5.05. The highest BCUT2D eigenvalue weighted by Crippen LogP contribution is 2.47. The monoisotopic (exact) mass is 673 g/mol. The van der Waals surface area contributed by atoms with Crippen LogP contribution in [0.5, 0.6) is 11.8 Å². The van der Waals surface area contributed by atoms with Crippen molar-refractivity contribution < 1.29 is 19.0 Å². The highest BCUT2D eigenvalue weighted by Gasteiger charge is 2.50. The third-order valence-corrected chi connectivity index (χ3v) is 9.87. The number of rotatable bonds is 9. The molecule has 2 fully saturated rings. The molecular weight excluding hydrogens is 626 g/mol. The van der Waals surface area contributed by atoms with E-state index in [4.69, 9.17) is 24.3 Å². The number of aromatic nitrogens is 3. The van der Waals surface area contributed by atoms with Crippen molar-refractivity contribution in [1.29, 1.82) is 0 Å². The van der Waals surface area contributed by atoms with Crippen LogP contribution in [0.3, 0.4) is 0 Å². The maximum Gasteiger partial charge on any atom is 0.410 e. The summed E-state index contributed by atoms with van der Waals surface area (Å²) in [6.45, 7) is 10.4. The molecule has 3 aromatic carbocycles. The molecule has 2 aromatic heterocycles. The quantitative estimate of drug-likeness (QED) is 0.168. The molecule has 3 heterocycles. The maximum absolute atomic E-state index is 12.5. The SMILES string of the molecule is C[C@H]1CC2(CC[C@H]1Nc1ccc3c(-c4ccc(OCc5ccccc5)nc4OCc4ccccc4)nn(C)c3c1)CN(C(=O)OC(C)(C)C)C2. The summed E-state index contributed by atoms with van der Waals surface area (Å²) in [5.41, 5.74) is 5.58. The molecule has 0 unspecified atom stereocenters. The van der Waals surface area contributed by atoms with Gasteiger partial charge in [0.15, 0.2) is 0 Å². The summed E-state index contributed by atoms with van der Waals surface area (Å²) in [4.78, 5) is 19.2. The van der Waals surface area contributed by atoms with E-state index in [9.17, 15) is 4.79 Å². The van der Waals surface area contributed by atoms with Crippen molar-refractivity contribution in [2.75, 3.05) is 18.4 Å². The Morgan fingerprint density at radius 3 is 2.26 bits per heavy atom. The van der Waals surface area contributed by atoms with Gasteiger partial charge in [-0.15, -0.1) is 0 Å². The fraction of sp³-hybridized carbons (Fsp3) is 0.390. The Labute approximate surface area is 294 Å². The van der Waals surface area contributed by atoms with E-state index in [1.165, 1.54) is 0 Å². The van der Waals surface area contributed by atoms with Gasteiger partial charge in [0.1, 0.15) is 24.5 Å². The summed E-state index contributed by atoms with van der Waals surface area (Å²) in [6.07, 6.45) is 3.05. The first-order chi connectivity index (χ1) is 24.0. The average Bonchev–Trinajstić information content (AvgIpc) is 3.41. The Kier molecular flexibility index (Phi) is 9.16.